The van der Waals surface area contributed by atoms with Gasteiger partial charge in [0.2, 0.25) is 0 Å². The zero-order chi connectivity index (χ0) is 13.9. The van der Waals surface area contributed by atoms with E-state index in [0.717, 1.165) is 22.7 Å². The maximum Gasteiger partial charge on any atom is 0.148 e. The molecule has 104 valence electrons. The Morgan fingerprint density at radius 3 is 2.61 bits per heavy atom. The van der Waals surface area contributed by atoms with Gasteiger partial charge >= 0.3 is 0 Å². The zero-order valence-electron chi connectivity index (χ0n) is 11.3. The number of sulfone groups is 1. The summed E-state index contributed by atoms with van der Waals surface area (Å²) in [5, 5.41) is 5.39. The molecular formula is C11H21N3O2S2. The first-order chi connectivity index (χ1) is 8.20. The summed E-state index contributed by atoms with van der Waals surface area (Å²) in [6.07, 6.45) is 2.02. The molecule has 1 unspecified atom stereocenters. The van der Waals surface area contributed by atoms with Gasteiger partial charge in [-0.05, 0) is 20.3 Å². The molecule has 0 amide bonds. The SMILES string of the molecule is Cc1nn(C)c(SCCS(C)(=O)=O)c1CC(C)N. The Labute approximate surface area is 113 Å². The van der Waals surface area contributed by atoms with Gasteiger partial charge in [-0.15, -0.1) is 11.8 Å². The maximum atomic E-state index is 11.1. The summed E-state index contributed by atoms with van der Waals surface area (Å²) in [6, 6.07) is 0.0714. The number of aryl methyl sites for hydroxylation is 2. The summed E-state index contributed by atoms with van der Waals surface area (Å²) in [4.78, 5) is 0. The number of nitrogens with two attached hydrogens (primary N) is 1. The molecule has 18 heavy (non-hydrogen) atoms. The zero-order valence-corrected chi connectivity index (χ0v) is 12.9. The van der Waals surface area contributed by atoms with Crippen molar-refractivity contribution in [3.05, 3.63) is 11.3 Å². The second-order valence-corrected chi connectivity index (χ2v) is 8.00. The third-order valence-corrected chi connectivity index (χ3v) is 4.90. The van der Waals surface area contributed by atoms with Crippen molar-refractivity contribution >= 4 is 21.6 Å². The molecular weight excluding hydrogens is 270 g/mol. The summed E-state index contributed by atoms with van der Waals surface area (Å²) in [5.41, 5.74) is 7.93. The molecule has 0 saturated heterocycles. The van der Waals surface area contributed by atoms with E-state index in [1.54, 1.807) is 4.68 Å². The highest BCUT2D eigenvalue weighted by atomic mass is 32.2. The van der Waals surface area contributed by atoms with E-state index >= 15 is 0 Å². The lowest BCUT2D eigenvalue weighted by Crippen LogP contribution is -2.18. The molecule has 0 spiro atoms. The Kier molecular flexibility index (Phi) is 5.24. The van der Waals surface area contributed by atoms with Crippen LogP contribution in [0.25, 0.3) is 0 Å². The van der Waals surface area contributed by atoms with Crippen LogP contribution in [0.3, 0.4) is 0 Å². The van der Waals surface area contributed by atoms with Gasteiger partial charge in [-0.25, -0.2) is 8.42 Å². The van der Waals surface area contributed by atoms with Crippen molar-refractivity contribution in [1.82, 2.24) is 9.78 Å². The van der Waals surface area contributed by atoms with Gasteiger partial charge in [-0.3, -0.25) is 4.68 Å². The molecule has 0 aliphatic carbocycles. The van der Waals surface area contributed by atoms with E-state index in [-0.39, 0.29) is 11.8 Å². The standard InChI is InChI=1S/C11H21N3O2S2/c1-8(12)7-10-9(2)13-14(3)11(10)17-5-6-18(4,15)16/h8H,5-7,12H2,1-4H3. The van der Waals surface area contributed by atoms with E-state index in [4.69, 9.17) is 5.73 Å². The molecule has 0 aromatic carbocycles. The second-order valence-electron chi connectivity index (χ2n) is 4.65. The van der Waals surface area contributed by atoms with Crippen molar-refractivity contribution in [1.29, 1.82) is 0 Å². The van der Waals surface area contributed by atoms with E-state index in [1.807, 2.05) is 20.9 Å². The van der Waals surface area contributed by atoms with E-state index in [1.165, 1.54) is 18.0 Å². The predicted molar refractivity (Wildman–Crippen MR) is 75.7 cm³/mol. The lowest BCUT2D eigenvalue weighted by atomic mass is 10.1. The normalized spacial score (nSPS) is 13.8. The maximum absolute atomic E-state index is 11.1. The summed E-state index contributed by atoms with van der Waals surface area (Å²) in [6.45, 7) is 3.91. The fourth-order valence-electron chi connectivity index (χ4n) is 1.71. The molecule has 0 bridgehead atoms. The van der Waals surface area contributed by atoms with Gasteiger partial charge in [0.15, 0.2) is 0 Å². The van der Waals surface area contributed by atoms with Gasteiger partial charge in [-0.2, -0.15) is 5.10 Å². The van der Waals surface area contributed by atoms with E-state index < -0.39 is 9.84 Å². The fourth-order valence-corrected chi connectivity index (χ4v) is 4.08. The average molecular weight is 291 g/mol. The first kappa shape index (κ1) is 15.5. The first-order valence-electron chi connectivity index (χ1n) is 5.79. The van der Waals surface area contributed by atoms with Crippen molar-refractivity contribution in [2.75, 3.05) is 17.8 Å². The largest absolute Gasteiger partial charge is 0.328 e. The van der Waals surface area contributed by atoms with E-state index in [2.05, 4.69) is 5.10 Å². The third-order valence-electron chi connectivity index (χ3n) is 2.51. The number of hydrogen-bond donors (Lipinski definition) is 1. The monoisotopic (exact) mass is 291 g/mol. The fraction of sp³-hybridized carbons (Fsp3) is 0.727. The van der Waals surface area contributed by atoms with Crippen molar-refractivity contribution in [2.24, 2.45) is 12.8 Å². The lowest BCUT2D eigenvalue weighted by molar-refractivity contribution is 0.603. The molecule has 1 aromatic rings. The van der Waals surface area contributed by atoms with Gasteiger partial charge in [0.25, 0.3) is 0 Å². The Morgan fingerprint density at radius 2 is 2.11 bits per heavy atom. The smallest absolute Gasteiger partial charge is 0.148 e. The molecule has 5 nitrogen and oxygen atoms in total. The van der Waals surface area contributed by atoms with Crippen LogP contribution < -0.4 is 5.73 Å². The highest BCUT2D eigenvalue weighted by Gasteiger charge is 2.15. The Hall–Kier alpha value is -0.530. The van der Waals surface area contributed by atoms with Crippen molar-refractivity contribution < 1.29 is 8.42 Å². The van der Waals surface area contributed by atoms with Gasteiger partial charge in [0.1, 0.15) is 9.84 Å². The molecule has 1 aromatic heterocycles. The minimum Gasteiger partial charge on any atom is -0.328 e. The van der Waals surface area contributed by atoms with Crippen LogP contribution in [0.2, 0.25) is 0 Å². The quantitative estimate of drug-likeness (QED) is 0.783. The Morgan fingerprint density at radius 1 is 1.50 bits per heavy atom. The number of hydrogen-bond acceptors (Lipinski definition) is 5. The average Bonchev–Trinajstić information content (AvgIpc) is 2.42. The van der Waals surface area contributed by atoms with Crippen LogP contribution in [0.1, 0.15) is 18.2 Å². The third kappa shape index (κ3) is 4.62. The molecule has 1 atom stereocenters. The minimum atomic E-state index is -2.91. The van der Waals surface area contributed by atoms with Crippen LogP contribution in [0.4, 0.5) is 0 Å². The molecule has 0 fully saturated rings. The number of thioether (sulfide) groups is 1. The van der Waals surface area contributed by atoms with E-state index in [0.29, 0.717) is 5.75 Å². The van der Waals surface area contributed by atoms with Crippen LogP contribution in [0.5, 0.6) is 0 Å². The summed E-state index contributed by atoms with van der Waals surface area (Å²) < 4.78 is 24.0. The first-order valence-corrected chi connectivity index (χ1v) is 8.84. The van der Waals surface area contributed by atoms with Gasteiger partial charge < -0.3 is 5.73 Å². The predicted octanol–water partition coefficient (Wildman–Crippen LogP) is 0.755. The van der Waals surface area contributed by atoms with Crippen LogP contribution in [0, 0.1) is 6.92 Å². The number of nitrogens with zero attached hydrogens (tertiary/aromatic N) is 2. The minimum absolute atomic E-state index is 0.0714. The molecule has 2 N–H and O–H groups in total. The summed E-state index contributed by atoms with van der Waals surface area (Å²) >= 11 is 1.53. The Balaban J connectivity index is 2.81. The molecule has 0 saturated carbocycles. The van der Waals surface area contributed by atoms with Gasteiger partial charge in [0.05, 0.1) is 16.5 Å². The van der Waals surface area contributed by atoms with Crippen molar-refractivity contribution in [3.63, 3.8) is 0 Å². The van der Waals surface area contributed by atoms with Crippen molar-refractivity contribution in [3.8, 4) is 0 Å². The van der Waals surface area contributed by atoms with Crippen LogP contribution >= 0.6 is 11.8 Å². The van der Waals surface area contributed by atoms with Crippen molar-refractivity contribution in [2.45, 2.75) is 31.3 Å². The molecule has 0 radical (unpaired) electrons. The molecule has 7 heteroatoms. The second kappa shape index (κ2) is 6.08. The summed E-state index contributed by atoms with van der Waals surface area (Å²) in [7, 11) is -1.04. The van der Waals surface area contributed by atoms with Gasteiger partial charge in [0, 0.05) is 30.7 Å². The number of rotatable bonds is 6. The molecule has 1 heterocycles. The van der Waals surface area contributed by atoms with E-state index in [9.17, 15) is 8.42 Å². The van der Waals surface area contributed by atoms with Gasteiger partial charge in [-0.1, -0.05) is 0 Å². The Bertz CT molecular complexity index is 507. The van der Waals surface area contributed by atoms with Crippen LogP contribution in [-0.2, 0) is 23.3 Å². The lowest BCUT2D eigenvalue weighted by Gasteiger charge is -2.08. The van der Waals surface area contributed by atoms with Crippen LogP contribution in [0.15, 0.2) is 5.03 Å². The summed E-state index contributed by atoms with van der Waals surface area (Å²) in [5.74, 6) is 0.725. The highest BCUT2D eigenvalue weighted by Crippen LogP contribution is 2.25. The number of aromatic nitrogens is 2. The topological polar surface area (TPSA) is 78.0 Å². The molecule has 0 aliphatic heterocycles. The van der Waals surface area contributed by atoms with Crippen LogP contribution in [-0.4, -0.2) is 42.0 Å². The molecule has 0 aliphatic rings. The highest BCUT2D eigenvalue weighted by molar-refractivity contribution is 8.00. The molecule has 1 rings (SSSR count).